The quantitative estimate of drug-likeness (QED) is 0.638. The van der Waals surface area contributed by atoms with E-state index in [4.69, 9.17) is 0 Å². The third kappa shape index (κ3) is 3.92. The van der Waals surface area contributed by atoms with Crippen LogP contribution in [0.25, 0.3) is 0 Å². The first-order valence-electron chi connectivity index (χ1n) is 7.37. The highest BCUT2D eigenvalue weighted by molar-refractivity contribution is 9.10. The lowest BCUT2D eigenvalue weighted by Gasteiger charge is -2.17. The van der Waals surface area contributed by atoms with Gasteiger partial charge >= 0.3 is 6.18 Å². The van der Waals surface area contributed by atoms with E-state index >= 15 is 0 Å². The zero-order chi connectivity index (χ0) is 19.3. The lowest BCUT2D eigenvalue weighted by molar-refractivity contribution is -0.139. The van der Waals surface area contributed by atoms with Gasteiger partial charge in [0.15, 0.2) is 0 Å². The summed E-state index contributed by atoms with van der Waals surface area (Å²) in [4.78, 5) is -0.812. The Morgan fingerprint density at radius 2 is 1.69 bits per heavy atom. The summed E-state index contributed by atoms with van der Waals surface area (Å²) in [5.41, 5.74) is 0.356. The van der Waals surface area contributed by atoms with Crippen LogP contribution in [0.3, 0.4) is 0 Å². The van der Waals surface area contributed by atoms with Crippen LogP contribution in [0, 0.1) is 0 Å². The molecule has 26 heavy (non-hydrogen) atoms. The minimum atomic E-state index is -4.80. The minimum absolute atomic E-state index is 0.0273. The molecule has 2 N–H and O–H groups in total. The summed E-state index contributed by atoms with van der Waals surface area (Å²) in [6.45, 7) is 0. The van der Waals surface area contributed by atoms with Gasteiger partial charge in [0, 0.05) is 10.5 Å². The molecule has 4 nitrogen and oxygen atoms in total. The van der Waals surface area contributed by atoms with Gasteiger partial charge in [0.05, 0.1) is 14.9 Å². The Morgan fingerprint density at radius 3 is 2.31 bits per heavy atom. The molecule has 0 saturated carbocycles. The van der Waals surface area contributed by atoms with Crippen molar-refractivity contribution in [2.24, 2.45) is 0 Å². The van der Waals surface area contributed by atoms with E-state index in [0.29, 0.717) is 10.9 Å². The Bertz CT molecular complexity index is 946. The monoisotopic (exact) mass is 513 g/mol. The standard InChI is InChI=1S/C16H12Br2F3NO3S/c17-10-1-2-15(12(7-10)16(19,20)21)26(24,25)22-11-3-8-5-13(18)14(23)6-9(8)4-11/h1-2,5-7,11,22-23H,3-4H2. The van der Waals surface area contributed by atoms with E-state index < -0.39 is 32.7 Å². The predicted molar refractivity (Wildman–Crippen MR) is 96.5 cm³/mol. The fourth-order valence-corrected chi connectivity index (χ4v) is 5.15. The number of alkyl halides is 3. The summed E-state index contributed by atoms with van der Waals surface area (Å²) in [5.74, 6) is 0.0273. The number of benzene rings is 2. The first kappa shape index (κ1) is 19.7. The van der Waals surface area contributed by atoms with E-state index in [1.54, 1.807) is 6.07 Å². The summed E-state index contributed by atoms with van der Waals surface area (Å²) < 4.78 is 67.8. The van der Waals surface area contributed by atoms with Crippen LogP contribution in [-0.4, -0.2) is 19.6 Å². The molecule has 10 heteroatoms. The van der Waals surface area contributed by atoms with Gasteiger partial charge in [0.25, 0.3) is 0 Å². The number of aromatic hydroxyl groups is 1. The van der Waals surface area contributed by atoms with Crippen LogP contribution in [0.15, 0.2) is 44.2 Å². The molecule has 0 bridgehead atoms. The maximum absolute atomic E-state index is 13.2. The molecule has 0 fully saturated rings. The fourth-order valence-electron chi connectivity index (χ4n) is 2.95. The number of fused-ring (bicyclic) bond motifs is 1. The molecule has 0 aromatic heterocycles. The molecular weight excluding hydrogens is 503 g/mol. The number of halogens is 5. The van der Waals surface area contributed by atoms with E-state index in [-0.39, 0.29) is 16.6 Å². The van der Waals surface area contributed by atoms with Crippen molar-refractivity contribution in [2.45, 2.75) is 30.0 Å². The van der Waals surface area contributed by atoms with E-state index in [1.807, 2.05) is 0 Å². The van der Waals surface area contributed by atoms with Crippen LogP contribution in [0.4, 0.5) is 13.2 Å². The van der Waals surface area contributed by atoms with Gasteiger partial charge in [-0.25, -0.2) is 13.1 Å². The molecular formula is C16H12Br2F3NO3S. The zero-order valence-electron chi connectivity index (χ0n) is 12.9. The highest BCUT2D eigenvalue weighted by Gasteiger charge is 2.38. The molecule has 1 atom stereocenters. The molecule has 1 aliphatic carbocycles. The Labute approximate surface area is 164 Å². The number of phenolic OH excluding ortho intramolecular Hbond substituents is 1. The molecule has 1 aliphatic rings. The summed E-state index contributed by atoms with van der Waals surface area (Å²) in [6.07, 6.45) is -4.19. The molecule has 0 aliphatic heterocycles. The van der Waals surface area contributed by atoms with Crippen LogP contribution < -0.4 is 4.72 Å². The van der Waals surface area contributed by atoms with E-state index in [2.05, 4.69) is 36.6 Å². The van der Waals surface area contributed by atoms with E-state index in [9.17, 15) is 26.7 Å². The van der Waals surface area contributed by atoms with Gasteiger partial charge in [-0.05, 0) is 70.2 Å². The highest BCUT2D eigenvalue weighted by atomic mass is 79.9. The van der Waals surface area contributed by atoms with Gasteiger partial charge in [-0.15, -0.1) is 0 Å². The van der Waals surface area contributed by atoms with Gasteiger partial charge in [-0.1, -0.05) is 15.9 Å². The maximum atomic E-state index is 13.2. The van der Waals surface area contributed by atoms with Crippen LogP contribution in [0.1, 0.15) is 16.7 Å². The van der Waals surface area contributed by atoms with E-state index in [1.165, 1.54) is 12.1 Å². The van der Waals surface area contributed by atoms with Gasteiger partial charge in [0.1, 0.15) is 5.75 Å². The molecule has 1 unspecified atom stereocenters. The van der Waals surface area contributed by atoms with Crippen molar-refractivity contribution < 1.29 is 26.7 Å². The second-order valence-corrected chi connectivity index (χ2v) is 9.39. The average Bonchev–Trinajstić information content (AvgIpc) is 2.86. The van der Waals surface area contributed by atoms with Gasteiger partial charge in [0.2, 0.25) is 10.0 Å². The Balaban J connectivity index is 1.90. The lowest BCUT2D eigenvalue weighted by Crippen LogP contribution is -2.36. The van der Waals surface area contributed by atoms with Crippen molar-refractivity contribution in [3.05, 3.63) is 56.0 Å². The topological polar surface area (TPSA) is 66.4 Å². The molecule has 0 heterocycles. The molecule has 0 saturated heterocycles. The Kier molecular flexibility index (Phi) is 5.15. The first-order valence-corrected chi connectivity index (χ1v) is 10.4. The smallest absolute Gasteiger partial charge is 0.417 e. The predicted octanol–water partition coefficient (Wildman–Crippen LogP) is 4.38. The largest absolute Gasteiger partial charge is 0.507 e. The first-order chi connectivity index (χ1) is 12.0. The van der Waals surface area contributed by atoms with Crippen molar-refractivity contribution in [3.8, 4) is 5.75 Å². The van der Waals surface area contributed by atoms with Gasteiger partial charge in [-0.3, -0.25) is 0 Å². The lowest BCUT2D eigenvalue weighted by atomic mass is 10.1. The number of rotatable bonds is 3. The molecule has 140 valence electrons. The average molecular weight is 515 g/mol. The maximum Gasteiger partial charge on any atom is 0.417 e. The van der Waals surface area contributed by atoms with Crippen molar-refractivity contribution in [2.75, 3.05) is 0 Å². The molecule has 3 rings (SSSR count). The SMILES string of the molecule is O=S(=O)(NC1Cc2cc(O)c(Br)cc2C1)c1ccc(Br)cc1C(F)(F)F. The fraction of sp³-hybridized carbons (Fsp3) is 0.250. The third-order valence-electron chi connectivity index (χ3n) is 4.06. The van der Waals surface area contributed by atoms with Crippen molar-refractivity contribution >= 4 is 41.9 Å². The molecule has 2 aromatic carbocycles. The van der Waals surface area contributed by atoms with Crippen molar-refractivity contribution in [1.82, 2.24) is 4.72 Å². The van der Waals surface area contributed by atoms with E-state index in [0.717, 1.165) is 23.3 Å². The van der Waals surface area contributed by atoms with Gasteiger partial charge < -0.3 is 5.11 Å². The number of phenols is 1. The summed E-state index contributed by atoms with van der Waals surface area (Å²) in [6, 6.07) is 5.54. The van der Waals surface area contributed by atoms with Crippen molar-refractivity contribution in [3.63, 3.8) is 0 Å². The summed E-state index contributed by atoms with van der Waals surface area (Å²) in [5, 5.41) is 9.72. The number of nitrogens with one attached hydrogen (secondary N) is 1. The zero-order valence-corrected chi connectivity index (χ0v) is 16.9. The number of hydrogen-bond acceptors (Lipinski definition) is 3. The Morgan fingerprint density at radius 1 is 1.08 bits per heavy atom. The van der Waals surface area contributed by atoms with Crippen LogP contribution in [0.5, 0.6) is 5.75 Å². The third-order valence-corrected chi connectivity index (χ3v) is 6.77. The molecule has 2 aromatic rings. The molecule has 0 radical (unpaired) electrons. The van der Waals surface area contributed by atoms with Gasteiger partial charge in [-0.2, -0.15) is 13.2 Å². The van der Waals surface area contributed by atoms with Crippen molar-refractivity contribution in [1.29, 1.82) is 0 Å². The normalized spacial score (nSPS) is 17.3. The number of hydrogen-bond donors (Lipinski definition) is 2. The summed E-state index contributed by atoms with van der Waals surface area (Å²) >= 11 is 6.12. The minimum Gasteiger partial charge on any atom is -0.507 e. The second-order valence-electron chi connectivity index (χ2n) is 5.94. The Hall–Kier alpha value is -1.10. The van der Waals surface area contributed by atoms with Crippen LogP contribution >= 0.6 is 31.9 Å². The van der Waals surface area contributed by atoms with Crippen LogP contribution in [-0.2, 0) is 29.0 Å². The molecule has 0 amide bonds. The highest BCUT2D eigenvalue weighted by Crippen LogP contribution is 2.37. The van der Waals surface area contributed by atoms with Crippen LogP contribution in [0.2, 0.25) is 0 Å². The summed E-state index contributed by atoms with van der Waals surface area (Å²) in [7, 11) is -4.38. The number of sulfonamides is 1. The molecule has 0 spiro atoms. The second kappa shape index (κ2) is 6.81.